The highest BCUT2D eigenvalue weighted by atomic mass is 32.2. The predicted molar refractivity (Wildman–Crippen MR) is 119 cm³/mol. The number of hydrogen-bond acceptors (Lipinski definition) is 6. The minimum Gasteiger partial charge on any atom is -0.382 e. The third-order valence-corrected chi connectivity index (χ3v) is 6.98. The summed E-state index contributed by atoms with van der Waals surface area (Å²) in [7, 11) is -0.697. The van der Waals surface area contributed by atoms with Gasteiger partial charge in [-0.1, -0.05) is 23.8 Å². The summed E-state index contributed by atoms with van der Waals surface area (Å²) in [5.74, 6) is -0.649. The Balaban J connectivity index is 2.35. The number of ketones is 1. The maximum atomic E-state index is 13.6. The molecule has 6 nitrogen and oxygen atoms in total. The summed E-state index contributed by atoms with van der Waals surface area (Å²) in [6, 6.07) is 15.2. The zero-order valence-electron chi connectivity index (χ0n) is 17.1. The van der Waals surface area contributed by atoms with Crippen LogP contribution < -0.4 is 0 Å². The van der Waals surface area contributed by atoms with Gasteiger partial charge in [0.2, 0.25) is 5.78 Å². The largest absolute Gasteiger partial charge is 0.382 e. The van der Waals surface area contributed by atoms with E-state index in [1.54, 1.807) is 43.3 Å². The van der Waals surface area contributed by atoms with Crippen molar-refractivity contribution in [1.82, 2.24) is 8.87 Å². The van der Waals surface area contributed by atoms with E-state index in [1.807, 2.05) is 25.3 Å². The van der Waals surface area contributed by atoms with Crippen molar-refractivity contribution in [3.8, 4) is 6.07 Å². The first-order valence-corrected chi connectivity index (χ1v) is 11.7. The molecule has 0 N–H and O–H groups in total. The molecule has 30 heavy (non-hydrogen) atoms. The van der Waals surface area contributed by atoms with Gasteiger partial charge in [-0.15, -0.1) is 11.8 Å². The molecule has 0 aliphatic carbocycles. The molecule has 0 bridgehead atoms. The van der Waals surface area contributed by atoms with Crippen LogP contribution in [0.15, 0.2) is 70.1 Å². The van der Waals surface area contributed by atoms with Crippen molar-refractivity contribution in [2.75, 3.05) is 20.4 Å². The summed E-state index contributed by atoms with van der Waals surface area (Å²) in [6.45, 7) is 1.87. The molecule has 1 heterocycles. The molecule has 0 spiro atoms. The minimum absolute atomic E-state index is 0.0709. The van der Waals surface area contributed by atoms with Crippen LogP contribution in [0.4, 0.5) is 0 Å². The van der Waals surface area contributed by atoms with Gasteiger partial charge in [0.25, 0.3) is 10.0 Å². The van der Waals surface area contributed by atoms with Crippen molar-refractivity contribution < 1.29 is 13.2 Å². The molecule has 0 fully saturated rings. The normalized spacial score (nSPS) is 12.0. The second kappa shape index (κ2) is 8.38. The minimum atomic E-state index is -4.07. The lowest BCUT2D eigenvalue weighted by atomic mass is 10.1. The van der Waals surface area contributed by atoms with Gasteiger partial charge in [-0.2, -0.15) is 5.26 Å². The second-order valence-electron chi connectivity index (χ2n) is 6.98. The number of allylic oxidation sites excluding steroid dienone is 1. The van der Waals surface area contributed by atoms with Crippen molar-refractivity contribution in [3.05, 3.63) is 71.6 Å². The molecule has 8 heteroatoms. The van der Waals surface area contributed by atoms with E-state index >= 15 is 0 Å². The molecular formula is C22H21N3O3S2. The number of Topliss-reactive ketones (excluding diaryl/α,β-unsaturated/α-hetero) is 1. The highest BCUT2D eigenvalue weighted by molar-refractivity contribution is 7.98. The van der Waals surface area contributed by atoms with Crippen molar-refractivity contribution in [3.63, 3.8) is 0 Å². The van der Waals surface area contributed by atoms with Crippen LogP contribution in [-0.2, 0) is 10.0 Å². The van der Waals surface area contributed by atoms with Crippen LogP contribution in [0.3, 0.4) is 0 Å². The smallest absolute Gasteiger partial charge is 0.268 e. The third kappa shape index (κ3) is 3.99. The first kappa shape index (κ1) is 21.7. The quantitative estimate of drug-likeness (QED) is 0.249. The summed E-state index contributed by atoms with van der Waals surface area (Å²) in [6.07, 6.45) is 3.28. The molecule has 0 amide bonds. The molecule has 0 aliphatic rings. The number of benzene rings is 2. The van der Waals surface area contributed by atoms with Crippen molar-refractivity contribution in [1.29, 1.82) is 5.26 Å². The molecule has 0 saturated carbocycles. The second-order valence-corrected chi connectivity index (χ2v) is 9.65. The Morgan fingerprint density at radius 1 is 1.13 bits per heavy atom. The van der Waals surface area contributed by atoms with Crippen LogP contribution in [0.25, 0.3) is 10.9 Å². The summed E-state index contributed by atoms with van der Waals surface area (Å²) in [5, 5.41) is 10.1. The first-order valence-electron chi connectivity index (χ1n) is 9.04. The third-order valence-electron chi connectivity index (χ3n) is 4.51. The van der Waals surface area contributed by atoms with E-state index in [2.05, 4.69) is 0 Å². The van der Waals surface area contributed by atoms with E-state index in [1.165, 1.54) is 36.2 Å². The molecule has 2 aromatic carbocycles. The van der Waals surface area contributed by atoms with E-state index in [-0.39, 0.29) is 16.2 Å². The summed E-state index contributed by atoms with van der Waals surface area (Å²) < 4.78 is 28.2. The van der Waals surface area contributed by atoms with E-state index in [0.717, 1.165) is 14.4 Å². The van der Waals surface area contributed by atoms with Gasteiger partial charge in [-0.05, 0) is 43.5 Å². The Labute approximate surface area is 180 Å². The fourth-order valence-electron chi connectivity index (χ4n) is 3.05. The van der Waals surface area contributed by atoms with E-state index < -0.39 is 15.8 Å². The van der Waals surface area contributed by atoms with Gasteiger partial charge >= 0.3 is 0 Å². The number of thioether (sulfide) groups is 1. The highest BCUT2D eigenvalue weighted by Gasteiger charge is 2.28. The fraction of sp³-hybridized carbons (Fsp3) is 0.182. The number of nitrogens with zero attached hydrogens (tertiary/aromatic N) is 3. The lowest BCUT2D eigenvalue weighted by Crippen LogP contribution is -2.20. The Hall–Kier alpha value is -3.02. The van der Waals surface area contributed by atoms with Crippen LogP contribution in [0.2, 0.25) is 0 Å². The van der Waals surface area contributed by atoms with Gasteiger partial charge in [0, 0.05) is 30.6 Å². The number of fused-ring (bicyclic) bond motifs is 1. The van der Waals surface area contributed by atoms with Gasteiger partial charge in [-0.25, -0.2) is 12.4 Å². The summed E-state index contributed by atoms with van der Waals surface area (Å²) >= 11 is 1.47. The number of hydrogen-bond donors (Lipinski definition) is 0. The standard InChI is InChI=1S/C22H21N3O3S2/c1-15-5-9-19(10-6-15)30(27,28)25-20-12-18(29-4)8-7-16(20)11-21(25)22(26)17(13-23)14-24(2)3/h5-12,14H,1-4H3/b17-14-. The van der Waals surface area contributed by atoms with Crippen molar-refractivity contribution in [2.45, 2.75) is 16.7 Å². The SMILES string of the molecule is CSc1ccc2cc(C(=O)/C(C#N)=C\N(C)C)n(S(=O)(=O)c3ccc(C)cc3)c2c1. The Kier molecular flexibility index (Phi) is 6.06. The molecule has 0 radical (unpaired) electrons. The average molecular weight is 440 g/mol. The number of aryl methyl sites for hydroxylation is 1. The van der Waals surface area contributed by atoms with Crippen LogP contribution >= 0.6 is 11.8 Å². The van der Waals surface area contributed by atoms with Crippen LogP contribution in [0.5, 0.6) is 0 Å². The van der Waals surface area contributed by atoms with Crippen LogP contribution in [0.1, 0.15) is 16.1 Å². The zero-order chi connectivity index (χ0) is 22.1. The molecule has 3 rings (SSSR count). The number of carbonyl (C=O) groups excluding carboxylic acids is 1. The van der Waals surface area contributed by atoms with Gasteiger partial charge < -0.3 is 4.90 Å². The predicted octanol–water partition coefficient (Wildman–Crippen LogP) is 4.06. The first-order chi connectivity index (χ1) is 14.2. The Morgan fingerprint density at radius 2 is 1.80 bits per heavy atom. The maximum Gasteiger partial charge on any atom is 0.268 e. The topological polar surface area (TPSA) is 83.2 Å². The Morgan fingerprint density at radius 3 is 2.37 bits per heavy atom. The molecule has 0 unspecified atom stereocenters. The fourth-order valence-corrected chi connectivity index (χ4v) is 4.99. The molecule has 0 atom stereocenters. The highest BCUT2D eigenvalue weighted by Crippen LogP contribution is 2.30. The average Bonchev–Trinajstić information content (AvgIpc) is 3.11. The number of aromatic nitrogens is 1. The Bertz CT molecular complexity index is 1300. The lowest BCUT2D eigenvalue weighted by molar-refractivity contribution is 0.103. The van der Waals surface area contributed by atoms with Crippen LogP contribution in [0, 0.1) is 18.3 Å². The molecule has 0 aliphatic heterocycles. The molecule has 3 aromatic rings. The lowest BCUT2D eigenvalue weighted by Gasteiger charge is -2.12. The number of carbonyl (C=O) groups is 1. The van der Waals surface area contributed by atoms with E-state index in [4.69, 9.17) is 0 Å². The zero-order valence-corrected chi connectivity index (χ0v) is 18.7. The van der Waals surface area contributed by atoms with E-state index in [9.17, 15) is 18.5 Å². The van der Waals surface area contributed by atoms with Gasteiger partial charge in [0.15, 0.2) is 0 Å². The van der Waals surface area contributed by atoms with Crippen LogP contribution in [-0.4, -0.2) is 43.4 Å². The summed E-state index contributed by atoms with van der Waals surface area (Å²) in [4.78, 5) is 15.7. The molecule has 1 aromatic heterocycles. The molecular weight excluding hydrogens is 418 g/mol. The number of rotatable bonds is 6. The molecule has 154 valence electrons. The maximum absolute atomic E-state index is 13.6. The number of nitriles is 1. The van der Waals surface area contributed by atoms with E-state index in [0.29, 0.717) is 10.9 Å². The van der Waals surface area contributed by atoms with Gasteiger partial charge in [0.1, 0.15) is 17.3 Å². The monoisotopic (exact) mass is 439 g/mol. The molecule has 0 saturated heterocycles. The van der Waals surface area contributed by atoms with Gasteiger partial charge in [-0.3, -0.25) is 4.79 Å². The summed E-state index contributed by atoms with van der Waals surface area (Å²) in [5.41, 5.74) is 1.10. The van der Waals surface area contributed by atoms with Crippen molar-refractivity contribution >= 4 is 38.5 Å². The van der Waals surface area contributed by atoms with Crippen molar-refractivity contribution in [2.24, 2.45) is 0 Å². The van der Waals surface area contributed by atoms with Gasteiger partial charge in [0.05, 0.1) is 10.4 Å².